The highest BCUT2D eigenvalue weighted by molar-refractivity contribution is 5.86. The molecule has 0 atom stereocenters. The van der Waals surface area contributed by atoms with E-state index in [1.165, 1.54) is 5.56 Å². The molecule has 160 valence electrons. The minimum atomic E-state index is -0.453. The number of ether oxygens (including phenoxy) is 2. The molecule has 0 bridgehead atoms. The van der Waals surface area contributed by atoms with Crippen LogP contribution in [0.25, 0.3) is 11.1 Å². The van der Waals surface area contributed by atoms with Gasteiger partial charge in [0.2, 0.25) is 0 Å². The second-order valence-electron chi connectivity index (χ2n) is 7.40. The maximum absolute atomic E-state index is 11.8. The highest BCUT2D eigenvalue weighted by Gasteiger charge is 2.12. The predicted octanol–water partition coefficient (Wildman–Crippen LogP) is 6.37. The Hall–Kier alpha value is -2.95. The van der Waals surface area contributed by atoms with E-state index in [2.05, 4.69) is 37.7 Å². The number of nitrogens with zero attached hydrogens (tertiary/aromatic N) is 1. The zero-order valence-corrected chi connectivity index (χ0v) is 18.2. The summed E-state index contributed by atoms with van der Waals surface area (Å²) < 4.78 is 11.2. The number of rotatable bonds is 12. The molecule has 30 heavy (non-hydrogen) atoms. The molecule has 0 saturated heterocycles. The molecule has 0 heterocycles. The molecule has 0 aliphatic carbocycles. The van der Waals surface area contributed by atoms with Gasteiger partial charge in [0, 0.05) is 5.57 Å². The van der Waals surface area contributed by atoms with Gasteiger partial charge in [-0.15, -0.1) is 0 Å². The minimum absolute atomic E-state index is 0.0340. The van der Waals surface area contributed by atoms with E-state index in [1.807, 2.05) is 24.3 Å². The van der Waals surface area contributed by atoms with E-state index in [-0.39, 0.29) is 13.2 Å². The molecular formula is C25H31NO4. The predicted molar refractivity (Wildman–Crippen MR) is 120 cm³/mol. The van der Waals surface area contributed by atoms with Gasteiger partial charge in [-0.25, -0.2) is 4.79 Å². The van der Waals surface area contributed by atoms with Crippen LogP contribution in [0.4, 0.5) is 0 Å². The Balaban J connectivity index is 2.36. The summed E-state index contributed by atoms with van der Waals surface area (Å²) in [6.07, 6.45) is 4.07. The van der Waals surface area contributed by atoms with Crippen molar-refractivity contribution in [1.82, 2.24) is 0 Å². The van der Waals surface area contributed by atoms with Crippen molar-refractivity contribution in [3.05, 3.63) is 70.1 Å². The van der Waals surface area contributed by atoms with Crippen LogP contribution in [0.1, 0.15) is 56.7 Å². The van der Waals surface area contributed by atoms with E-state index >= 15 is 0 Å². The van der Waals surface area contributed by atoms with Crippen molar-refractivity contribution >= 4 is 5.97 Å². The van der Waals surface area contributed by atoms with Crippen molar-refractivity contribution in [3.8, 4) is 16.9 Å². The lowest BCUT2D eigenvalue weighted by Crippen LogP contribution is -2.06. The first-order valence-corrected chi connectivity index (χ1v) is 10.5. The number of carbonyl (C=O) groups excluding carboxylic acids is 1. The third-order valence-corrected chi connectivity index (χ3v) is 4.82. The lowest BCUT2D eigenvalue weighted by Gasteiger charge is -2.15. The lowest BCUT2D eigenvalue weighted by molar-refractivity contribution is -0.140. The first-order valence-electron chi connectivity index (χ1n) is 10.5. The summed E-state index contributed by atoms with van der Waals surface area (Å²) in [6.45, 7) is 10.3. The van der Waals surface area contributed by atoms with Gasteiger partial charge in [-0.05, 0) is 65.8 Å². The Bertz CT molecular complexity index is 889. The van der Waals surface area contributed by atoms with Crippen LogP contribution in [-0.4, -0.2) is 12.6 Å². The molecule has 0 unspecified atom stereocenters. The second kappa shape index (κ2) is 11.9. The molecule has 0 aliphatic heterocycles. The highest BCUT2D eigenvalue weighted by atomic mass is 16.5. The molecule has 2 aromatic carbocycles. The number of aryl methyl sites for hydroxylation is 1. The molecular weight excluding hydrogens is 378 g/mol. The van der Waals surface area contributed by atoms with Gasteiger partial charge in [-0.2, -0.15) is 4.91 Å². The molecule has 0 N–H and O–H groups in total. The van der Waals surface area contributed by atoms with Gasteiger partial charge >= 0.3 is 5.97 Å². The van der Waals surface area contributed by atoms with Crippen LogP contribution in [0, 0.1) is 4.91 Å². The average Bonchev–Trinajstić information content (AvgIpc) is 2.73. The van der Waals surface area contributed by atoms with Gasteiger partial charge in [0.25, 0.3) is 0 Å². The first kappa shape index (κ1) is 23.3. The Labute approximate surface area is 179 Å². The Morgan fingerprint density at radius 3 is 2.50 bits per heavy atom. The van der Waals surface area contributed by atoms with Gasteiger partial charge in [0.1, 0.15) is 18.9 Å². The van der Waals surface area contributed by atoms with Crippen LogP contribution in [-0.2, 0) is 29.1 Å². The first-order chi connectivity index (χ1) is 14.5. The van der Waals surface area contributed by atoms with E-state index in [0.717, 1.165) is 53.7 Å². The maximum Gasteiger partial charge on any atom is 0.333 e. The van der Waals surface area contributed by atoms with E-state index < -0.39 is 5.97 Å². The van der Waals surface area contributed by atoms with Crippen molar-refractivity contribution < 1.29 is 14.3 Å². The van der Waals surface area contributed by atoms with Gasteiger partial charge in [0.05, 0.1) is 6.61 Å². The van der Waals surface area contributed by atoms with Gasteiger partial charge in [-0.3, -0.25) is 0 Å². The number of benzene rings is 2. The zero-order valence-electron chi connectivity index (χ0n) is 18.2. The summed E-state index contributed by atoms with van der Waals surface area (Å²) in [7, 11) is 0. The fraction of sp³-hybridized carbons (Fsp3) is 0.400. The lowest BCUT2D eigenvalue weighted by atomic mass is 9.94. The third kappa shape index (κ3) is 6.55. The van der Waals surface area contributed by atoms with Crippen LogP contribution >= 0.6 is 0 Å². The van der Waals surface area contributed by atoms with Crippen LogP contribution < -0.4 is 4.74 Å². The Morgan fingerprint density at radius 2 is 1.83 bits per heavy atom. The van der Waals surface area contributed by atoms with Crippen molar-refractivity contribution in [2.45, 2.75) is 59.6 Å². The molecule has 0 aromatic heterocycles. The Morgan fingerprint density at radius 1 is 1.03 bits per heavy atom. The zero-order chi connectivity index (χ0) is 21.9. The largest absolute Gasteiger partial charge is 0.494 e. The van der Waals surface area contributed by atoms with Crippen molar-refractivity contribution in [1.29, 1.82) is 0 Å². The van der Waals surface area contributed by atoms with Crippen LogP contribution in [0.3, 0.4) is 0 Å². The molecule has 2 rings (SSSR count). The summed E-state index contributed by atoms with van der Waals surface area (Å²) in [5, 5.41) is 3.00. The second-order valence-corrected chi connectivity index (χ2v) is 7.40. The molecule has 0 fully saturated rings. The Kier molecular flexibility index (Phi) is 9.26. The fourth-order valence-corrected chi connectivity index (χ4v) is 3.17. The number of unbranched alkanes of at least 4 members (excludes halogenated alkanes) is 1. The number of carbonyl (C=O) groups is 1. The standard InChI is InChI=1S/C25H31NO4/c1-5-7-13-29-23-11-12-24(19(15-23)8-6-2)20-9-10-21(16-26-28)22(14-20)17-30-25(27)18(3)4/h9-12,14-15H,3,5-8,13,16-17H2,1-2,4H3. The van der Waals surface area contributed by atoms with E-state index in [4.69, 9.17) is 9.47 Å². The summed E-state index contributed by atoms with van der Waals surface area (Å²) in [6, 6.07) is 12.0. The smallest absolute Gasteiger partial charge is 0.333 e. The van der Waals surface area contributed by atoms with Crippen LogP contribution in [0.5, 0.6) is 5.75 Å². The fourth-order valence-electron chi connectivity index (χ4n) is 3.17. The molecule has 0 radical (unpaired) electrons. The van der Waals surface area contributed by atoms with Gasteiger partial charge in [0.15, 0.2) is 0 Å². The van der Waals surface area contributed by atoms with Crippen LogP contribution in [0.15, 0.2) is 53.7 Å². The highest BCUT2D eigenvalue weighted by Crippen LogP contribution is 2.31. The molecule has 5 nitrogen and oxygen atoms in total. The van der Waals surface area contributed by atoms with E-state index in [0.29, 0.717) is 12.2 Å². The molecule has 0 amide bonds. The number of hydrogen-bond donors (Lipinski definition) is 0. The summed E-state index contributed by atoms with van der Waals surface area (Å²) in [4.78, 5) is 22.6. The van der Waals surface area contributed by atoms with Crippen molar-refractivity contribution in [2.75, 3.05) is 6.61 Å². The topological polar surface area (TPSA) is 65.0 Å². The van der Waals surface area contributed by atoms with Gasteiger partial charge < -0.3 is 9.47 Å². The maximum atomic E-state index is 11.8. The number of esters is 1. The SMILES string of the molecule is C=C(C)C(=O)OCc1cc(-c2ccc(OCCCC)cc2CCC)ccc1CN=O. The number of nitroso groups, excluding NO2 is 1. The summed E-state index contributed by atoms with van der Waals surface area (Å²) in [5.74, 6) is 0.429. The third-order valence-electron chi connectivity index (χ3n) is 4.82. The van der Waals surface area contributed by atoms with Crippen molar-refractivity contribution in [3.63, 3.8) is 0 Å². The quantitative estimate of drug-likeness (QED) is 0.177. The molecule has 5 heteroatoms. The molecule has 0 spiro atoms. The summed E-state index contributed by atoms with van der Waals surface area (Å²) in [5.41, 5.74) is 5.18. The average molecular weight is 410 g/mol. The molecule has 0 saturated carbocycles. The van der Waals surface area contributed by atoms with Crippen LogP contribution in [0.2, 0.25) is 0 Å². The summed E-state index contributed by atoms with van der Waals surface area (Å²) >= 11 is 0. The molecule has 0 aliphatic rings. The van der Waals surface area contributed by atoms with Gasteiger partial charge in [-0.1, -0.05) is 56.6 Å². The normalized spacial score (nSPS) is 10.5. The monoisotopic (exact) mass is 409 g/mol. The number of hydrogen-bond acceptors (Lipinski definition) is 5. The minimum Gasteiger partial charge on any atom is -0.494 e. The van der Waals surface area contributed by atoms with E-state index in [9.17, 15) is 9.70 Å². The molecule has 2 aromatic rings. The van der Waals surface area contributed by atoms with E-state index in [1.54, 1.807) is 6.92 Å². The van der Waals surface area contributed by atoms with Crippen molar-refractivity contribution in [2.24, 2.45) is 5.18 Å².